The summed E-state index contributed by atoms with van der Waals surface area (Å²) in [7, 11) is 0. The van der Waals surface area contributed by atoms with Gasteiger partial charge in [-0.2, -0.15) is 11.8 Å². The Morgan fingerprint density at radius 3 is 2.50 bits per heavy atom. The minimum atomic E-state index is 0.732. The van der Waals surface area contributed by atoms with E-state index in [1.807, 2.05) is 11.8 Å². The molecule has 0 bridgehead atoms. The molecule has 2 unspecified atom stereocenters. The van der Waals surface area contributed by atoms with Crippen molar-refractivity contribution in [2.75, 3.05) is 19.3 Å². The minimum Gasteiger partial charge on any atom is -0.301 e. The van der Waals surface area contributed by atoms with Gasteiger partial charge >= 0.3 is 0 Å². The van der Waals surface area contributed by atoms with Gasteiger partial charge in [0.1, 0.15) is 0 Å². The molecule has 0 aromatic heterocycles. The molecule has 1 heterocycles. The highest BCUT2D eigenvalue weighted by atomic mass is 32.2. The molecule has 2 atom stereocenters. The zero-order valence-electron chi connectivity index (χ0n) is 8.71. The Balaban J connectivity index is 2.40. The van der Waals surface area contributed by atoms with Crippen LogP contribution in [0, 0.1) is 5.92 Å². The summed E-state index contributed by atoms with van der Waals surface area (Å²) < 4.78 is 0. The van der Waals surface area contributed by atoms with Gasteiger partial charge in [0.15, 0.2) is 0 Å². The second kappa shape index (κ2) is 4.52. The zero-order valence-corrected chi connectivity index (χ0v) is 9.53. The van der Waals surface area contributed by atoms with Gasteiger partial charge in [-0.25, -0.2) is 0 Å². The van der Waals surface area contributed by atoms with Gasteiger partial charge in [-0.05, 0) is 39.0 Å². The summed E-state index contributed by atoms with van der Waals surface area (Å²) >= 11 is 2.04. The molecule has 1 nitrogen and oxygen atoms in total. The molecule has 1 rings (SSSR count). The molecule has 1 aliphatic rings. The van der Waals surface area contributed by atoms with Gasteiger partial charge in [0.25, 0.3) is 0 Å². The van der Waals surface area contributed by atoms with Gasteiger partial charge in [0.05, 0.1) is 0 Å². The SMILES string of the molecule is CSC1CCN(C(C)C)CC1C. The van der Waals surface area contributed by atoms with Crippen molar-refractivity contribution in [3.63, 3.8) is 0 Å². The highest BCUT2D eigenvalue weighted by Crippen LogP contribution is 2.26. The maximum absolute atomic E-state index is 2.59. The van der Waals surface area contributed by atoms with Crippen molar-refractivity contribution < 1.29 is 0 Å². The van der Waals surface area contributed by atoms with Crippen LogP contribution in [0.5, 0.6) is 0 Å². The van der Waals surface area contributed by atoms with Crippen LogP contribution in [0.25, 0.3) is 0 Å². The lowest BCUT2D eigenvalue weighted by atomic mass is 9.98. The minimum absolute atomic E-state index is 0.732. The average molecular weight is 187 g/mol. The van der Waals surface area contributed by atoms with Gasteiger partial charge < -0.3 is 4.90 Å². The molecule has 0 aliphatic carbocycles. The quantitative estimate of drug-likeness (QED) is 0.653. The van der Waals surface area contributed by atoms with Crippen molar-refractivity contribution >= 4 is 11.8 Å². The smallest absolute Gasteiger partial charge is 0.00942 e. The van der Waals surface area contributed by atoms with E-state index in [0.717, 1.165) is 17.2 Å². The first-order valence-corrected chi connectivity index (χ1v) is 6.20. The van der Waals surface area contributed by atoms with Crippen LogP contribution in [0.4, 0.5) is 0 Å². The number of hydrogen-bond donors (Lipinski definition) is 0. The van der Waals surface area contributed by atoms with E-state index in [2.05, 4.69) is 31.9 Å². The molecule has 0 spiro atoms. The number of nitrogens with zero attached hydrogens (tertiary/aromatic N) is 1. The fraction of sp³-hybridized carbons (Fsp3) is 1.00. The van der Waals surface area contributed by atoms with Gasteiger partial charge in [-0.1, -0.05) is 6.92 Å². The molecule has 0 amide bonds. The number of piperidine rings is 1. The summed E-state index contributed by atoms with van der Waals surface area (Å²) in [6.45, 7) is 9.57. The third-order valence-electron chi connectivity index (χ3n) is 2.89. The maximum Gasteiger partial charge on any atom is 0.00942 e. The molecule has 12 heavy (non-hydrogen) atoms. The van der Waals surface area contributed by atoms with E-state index in [4.69, 9.17) is 0 Å². The third kappa shape index (κ3) is 2.40. The van der Waals surface area contributed by atoms with Crippen molar-refractivity contribution in [1.82, 2.24) is 4.90 Å². The Kier molecular flexibility index (Phi) is 3.91. The Morgan fingerprint density at radius 2 is 2.08 bits per heavy atom. The monoisotopic (exact) mass is 187 g/mol. The normalized spacial score (nSPS) is 32.8. The van der Waals surface area contributed by atoms with E-state index < -0.39 is 0 Å². The average Bonchev–Trinajstić information content (AvgIpc) is 2.04. The van der Waals surface area contributed by atoms with Crippen molar-refractivity contribution in [2.45, 2.75) is 38.5 Å². The maximum atomic E-state index is 2.59. The number of likely N-dealkylation sites (tertiary alicyclic amines) is 1. The van der Waals surface area contributed by atoms with Crippen LogP contribution < -0.4 is 0 Å². The zero-order chi connectivity index (χ0) is 9.14. The van der Waals surface area contributed by atoms with Gasteiger partial charge in [-0.15, -0.1) is 0 Å². The molecule has 1 fully saturated rings. The first-order valence-electron chi connectivity index (χ1n) is 4.92. The van der Waals surface area contributed by atoms with Crippen LogP contribution in [-0.2, 0) is 0 Å². The Morgan fingerprint density at radius 1 is 1.42 bits per heavy atom. The predicted octanol–water partition coefficient (Wildman–Crippen LogP) is 2.47. The second-order valence-corrected chi connectivity index (χ2v) is 5.21. The molecule has 2 heteroatoms. The first kappa shape index (κ1) is 10.4. The van der Waals surface area contributed by atoms with Gasteiger partial charge in [0, 0.05) is 17.8 Å². The van der Waals surface area contributed by atoms with Crippen LogP contribution >= 0.6 is 11.8 Å². The van der Waals surface area contributed by atoms with E-state index in [1.165, 1.54) is 19.5 Å². The summed E-state index contributed by atoms with van der Waals surface area (Å²) in [4.78, 5) is 2.59. The summed E-state index contributed by atoms with van der Waals surface area (Å²) in [5, 5.41) is 0.903. The second-order valence-electron chi connectivity index (χ2n) is 4.13. The molecular formula is C10H21NS. The van der Waals surface area contributed by atoms with Crippen LogP contribution in [0.3, 0.4) is 0 Å². The predicted molar refractivity (Wildman–Crippen MR) is 57.8 cm³/mol. The number of hydrogen-bond acceptors (Lipinski definition) is 2. The summed E-state index contributed by atoms with van der Waals surface area (Å²) in [5.74, 6) is 0.871. The lowest BCUT2D eigenvalue weighted by molar-refractivity contribution is 0.152. The van der Waals surface area contributed by atoms with Crippen molar-refractivity contribution in [3.8, 4) is 0 Å². The van der Waals surface area contributed by atoms with E-state index in [9.17, 15) is 0 Å². The van der Waals surface area contributed by atoms with Crippen molar-refractivity contribution in [1.29, 1.82) is 0 Å². The highest BCUT2D eigenvalue weighted by Gasteiger charge is 2.26. The Bertz CT molecular complexity index is 136. The first-order chi connectivity index (χ1) is 5.65. The lowest BCUT2D eigenvalue weighted by Crippen LogP contribution is -2.44. The van der Waals surface area contributed by atoms with Crippen LogP contribution in [0.15, 0.2) is 0 Å². The summed E-state index contributed by atoms with van der Waals surface area (Å²) in [6, 6.07) is 0.732. The molecule has 1 aliphatic heterocycles. The summed E-state index contributed by atoms with van der Waals surface area (Å²) in [5.41, 5.74) is 0. The molecule has 0 radical (unpaired) electrons. The van der Waals surface area contributed by atoms with E-state index in [1.54, 1.807) is 0 Å². The number of thioether (sulfide) groups is 1. The summed E-state index contributed by atoms with van der Waals surface area (Å²) in [6.07, 6.45) is 3.62. The van der Waals surface area contributed by atoms with Crippen LogP contribution in [-0.4, -0.2) is 35.5 Å². The fourth-order valence-electron chi connectivity index (χ4n) is 1.98. The lowest BCUT2D eigenvalue weighted by Gasteiger charge is -2.38. The van der Waals surface area contributed by atoms with Crippen LogP contribution in [0.1, 0.15) is 27.2 Å². The largest absolute Gasteiger partial charge is 0.301 e. The van der Waals surface area contributed by atoms with Gasteiger partial charge in [-0.3, -0.25) is 0 Å². The van der Waals surface area contributed by atoms with Crippen molar-refractivity contribution in [2.24, 2.45) is 5.92 Å². The van der Waals surface area contributed by atoms with E-state index in [-0.39, 0.29) is 0 Å². The third-order valence-corrected chi connectivity index (χ3v) is 4.20. The highest BCUT2D eigenvalue weighted by molar-refractivity contribution is 7.99. The topological polar surface area (TPSA) is 3.24 Å². The molecule has 1 saturated heterocycles. The fourth-order valence-corrected chi connectivity index (χ4v) is 2.87. The van der Waals surface area contributed by atoms with Gasteiger partial charge in [0.2, 0.25) is 0 Å². The molecule has 0 saturated carbocycles. The van der Waals surface area contributed by atoms with Crippen LogP contribution in [0.2, 0.25) is 0 Å². The Hall–Kier alpha value is 0.310. The van der Waals surface area contributed by atoms with E-state index in [0.29, 0.717) is 0 Å². The van der Waals surface area contributed by atoms with E-state index >= 15 is 0 Å². The Labute approximate surface area is 80.9 Å². The number of rotatable bonds is 2. The molecule has 0 N–H and O–H groups in total. The molecular weight excluding hydrogens is 166 g/mol. The standard InChI is InChI=1S/C10H21NS/c1-8(2)11-6-5-10(12-4)9(3)7-11/h8-10H,5-7H2,1-4H3. The molecule has 0 aromatic carbocycles. The van der Waals surface area contributed by atoms with Crippen molar-refractivity contribution in [3.05, 3.63) is 0 Å². The molecule has 0 aromatic rings. The molecule has 72 valence electrons.